The van der Waals surface area contributed by atoms with Crippen LogP contribution in [-0.4, -0.2) is 32.1 Å². The molecule has 10 heteroatoms. The van der Waals surface area contributed by atoms with Gasteiger partial charge in [-0.25, -0.2) is 17.4 Å². The number of rotatable bonds is 6. The topological polar surface area (TPSA) is 106 Å². The number of aromatic nitrogens is 5. The molecule has 1 aromatic carbocycles. The van der Waals surface area contributed by atoms with Gasteiger partial charge in [0, 0.05) is 23.3 Å². The van der Waals surface area contributed by atoms with Crippen molar-refractivity contribution in [1.29, 1.82) is 5.26 Å². The summed E-state index contributed by atoms with van der Waals surface area (Å²) in [5.41, 5.74) is 2.36. The van der Waals surface area contributed by atoms with Crippen LogP contribution in [0.3, 0.4) is 0 Å². The monoisotopic (exact) mass is 494 g/mol. The summed E-state index contributed by atoms with van der Waals surface area (Å²) in [6.45, 7) is 1.90. The highest BCUT2D eigenvalue weighted by Crippen LogP contribution is 2.37. The van der Waals surface area contributed by atoms with Gasteiger partial charge >= 0.3 is 0 Å². The van der Waals surface area contributed by atoms with E-state index in [2.05, 4.69) is 21.1 Å². The molecular formula is C24H23ClN6O2S. The Morgan fingerprint density at radius 3 is 2.62 bits per heavy atom. The second-order valence-corrected chi connectivity index (χ2v) is 10.8. The minimum Gasteiger partial charge on any atom is -0.268 e. The van der Waals surface area contributed by atoms with Crippen LogP contribution in [0.5, 0.6) is 0 Å². The van der Waals surface area contributed by atoms with Crippen LogP contribution >= 0.6 is 11.6 Å². The fourth-order valence-electron chi connectivity index (χ4n) is 4.76. The molecule has 34 heavy (non-hydrogen) atoms. The van der Waals surface area contributed by atoms with Crippen molar-refractivity contribution in [3.63, 3.8) is 0 Å². The Morgan fingerprint density at radius 1 is 1.18 bits per heavy atom. The molecule has 1 fully saturated rings. The van der Waals surface area contributed by atoms with Gasteiger partial charge in [0.2, 0.25) is 5.28 Å². The first-order valence-electron chi connectivity index (χ1n) is 11.2. The Labute approximate surface area is 202 Å². The van der Waals surface area contributed by atoms with E-state index in [9.17, 15) is 13.7 Å². The molecule has 3 aromatic heterocycles. The SMILES string of the molecule is Cc1ccc(S(=O)(=O)n2ccc3c(-c4cnn([C@H](CC#N)C5CCCC5)c4)nc(Cl)nc32)cc1. The van der Waals surface area contributed by atoms with Crippen LogP contribution < -0.4 is 0 Å². The lowest BCUT2D eigenvalue weighted by atomic mass is 9.96. The number of nitrogens with zero attached hydrogens (tertiary/aromatic N) is 6. The standard InChI is InChI=1S/C24H23ClN6O2S/c1-16-6-8-19(9-7-16)34(32,33)31-13-11-20-22(28-24(25)29-23(20)31)18-14-27-30(15-18)21(10-12-26)17-4-2-3-5-17/h6-9,11,13-15,17,21H,2-5,10H2,1H3/t21-/m1/s1. The van der Waals surface area contributed by atoms with Gasteiger partial charge in [0.15, 0.2) is 5.65 Å². The van der Waals surface area contributed by atoms with Gasteiger partial charge in [-0.05, 0) is 55.5 Å². The van der Waals surface area contributed by atoms with Gasteiger partial charge in [0.1, 0.15) is 0 Å². The van der Waals surface area contributed by atoms with E-state index < -0.39 is 10.0 Å². The van der Waals surface area contributed by atoms with Crippen LogP contribution in [0.25, 0.3) is 22.3 Å². The van der Waals surface area contributed by atoms with Crippen molar-refractivity contribution in [2.75, 3.05) is 0 Å². The number of benzene rings is 1. The molecule has 0 unspecified atom stereocenters. The van der Waals surface area contributed by atoms with Gasteiger partial charge in [-0.15, -0.1) is 0 Å². The molecule has 174 valence electrons. The molecule has 1 saturated carbocycles. The lowest BCUT2D eigenvalue weighted by Gasteiger charge is -2.21. The third-order valence-corrected chi connectivity index (χ3v) is 8.37. The molecule has 8 nitrogen and oxygen atoms in total. The van der Waals surface area contributed by atoms with E-state index in [-0.39, 0.29) is 21.9 Å². The predicted octanol–water partition coefficient (Wildman–Crippen LogP) is 5.14. The molecule has 1 atom stereocenters. The lowest BCUT2D eigenvalue weighted by molar-refractivity contribution is 0.315. The zero-order valence-corrected chi connectivity index (χ0v) is 20.2. The van der Waals surface area contributed by atoms with E-state index in [1.165, 1.54) is 19.0 Å². The largest absolute Gasteiger partial charge is 0.269 e. The fourth-order valence-corrected chi connectivity index (χ4v) is 6.22. The van der Waals surface area contributed by atoms with Crippen LogP contribution in [0.1, 0.15) is 43.7 Å². The minimum atomic E-state index is -3.87. The molecule has 5 rings (SSSR count). The summed E-state index contributed by atoms with van der Waals surface area (Å²) in [5.74, 6) is 0.419. The molecule has 4 aromatic rings. The van der Waals surface area contributed by atoms with Crippen molar-refractivity contribution in [2.24, 2.45) is 5.92 Å². The van der Waals surface area contributed by atoms with Crippen LogP contribution in [-0.2, 0) is 10.0 Å². The summed E-state index contributed by atoms with van der Waals surface area (Å²) in [6.07, 6.45) is 9.92. The molecular weight excluding hydrogens is 472 g/mol. The maximum Gasteiger partial charge on any atom is 0.269 e. The zero-order valence-electron chi connectivity index (χ0n) is 18.6. The second kappa shape index (κ2) is 8.85. The third-order valence-electron chi connectivity index (χ3n) is 6.52. The fraction of sp³-hybridized carbons (Fsp3) is 0.333. The van der Waals surface area contributed by atoms with Crippen molar-refractivity contribution in [3.8, 4) is 17.3 Å². The van der Waals surface area contributed by atoms with Gasteiger partial charge in [-0.2, -0.15) is 15.3 Å². The minimum absolute atomic E-state index is 0.000522. The predicted molar refractivity (Wildman–Crippen MR) is 129 cm³/mol. The molecule has 0 saturated heterocycles. The lowest BCUT2D eigenvalue weighted by Crippen LogP contribution is -2.17. The molecule has 0 spiro atoms. The average Bonchev–Trinajstić information content (AvgIpc) is 3.58. The first-order chi connectivity index (χ1) is 16.4. The molecule has 1 aliphatic rings. The van der Waals surface area contributed by atoms with Gasteiger partial charge in [0.05, 0.1) is 35.3 Å². The van der Waals surface area contributed by atoms with E-state index in [0.717, 1.165) is 22.4 Å². The number of aryl methyl sites for hydroxylation is 1. The summed E-state index contributed by atoms with van der Waals surface area (Å²) in [6, 6.07) is 10.6. The Hall–Kier alpha value is -3.22. The van der Waals surface area contributed by atoms with Gasteiger partial charge < -0.3 is 0 Å². The second-order valence-electron chi connectivity index (χ2n) is 8.69. The van der Waals surface area contributed by atoms with E-state index in [0.29, 0.717) is 29.0 Å². The zero-order chi connectivity index (χ0) is 23.9. The molecule has 1 aliphatic carbocycles. The van der Waals surface area contributed by atoms with Crippen LogP contribution in [0.15, 0.2) is 53.8 Å². The van der Waals surface area contributed by atoms with E-state index in [1.807, 2.05) is 17.8 Å². The summed E-state index contributed by atoms with van der Waals surface area (Å²) in [7, 11) is -3.87. The highest BCUT2D eigenvalue weighted by Gasteiger charge is 2.28. The molecule has 0 amide bonds. The molecule has 3 heterocycles. The quantitative estimate of drug-likeness (QED) is 0.343. The number of hydrogen-bond acceptors (Lipinski definition) is 6. The molecule has 0 bridgehead atoms. The smallest absolute Gasteiger partial charge is 0.268 e. The van der Waals surface area contributed by atoms with E-state index >= 15 is 0 Å². The number of nitriles is 1. The highest BCUT2D eigenvalue weighted by molar-refractivity contribution is 7.90. The van der Waals surface area contributed by atoms with Crippen LogP contribution in [0, 0.1) is 24.2 Å². The summed E-state index contributed by atoms with van der Waals surface area (Å²) in [5, 5.41) is 14.4. The van der Waals surface area contributed by atoms with E-state index in [1.54, 1.807) is 36.5 Å². The van der Waals surface area contributed by atoms with Crippen LogP contribution in [0.4, 0.5) is 0 Å². The van der Waals surface area contributed by atoms with Crippen molar-refractivity contribution in [3.05, 3.63) is 59.8 Å². The number of hydrogen-bond donors (Lipinski definition) is 0. The maximum absolute atomic E-state index is 13.3. The Kier molecular flexibility index (Phi) is 5.88. The van der Waals surface area contributed by atoms with Crippen molar-refractivity contribution < 1.29 is 8.42 Å². The number of fused-ring (bicyclic) bond motifs is 1. The van der Waals surface area contributed by atoms with Gasteiger partial charge in [-0.3, -0.25) is 4.68 Å². The van der Waals surface area contributed by atoms with E-state index in [4.69, 9.17) is 11.6 Å². The average molecular weight is 495 g/mol. The van der Waals surface area contributed by atoms with Crippen LogP contribution in [0.2, 0.25) is 5.28 Å². The molecule has 0 N–H and O–H groups in total. The Balaban J connectivity index is 1.58. The third kappa shape index (κ3) is 3.97. The van der Waals surface area contributed by atoms with Crippen molar-refractivity contribution in [2.45, 2.75) is 50.0 Å². The maximum atomic E-state index is 13.3. The first kappa shape index (κ1) is 22.6. The molecule has 0 aliphatic heterocycles. The Bertz CT molecular complexity index is 1490. The highest BCUT2D eigenvalue weighted by atomic mass is 35.5. The normalized spacial score (nSPS) is 15.6. The molecule has 0 radical (unpaired) electrons. The van der Waals surface area contributed by atoms with Gasteiger partial charge in [0.25, 0.3) is 10.0 Å². The summed E-state index contributed by atoms with van der Waals surface area (Å²) < 4.78 is 29.6. The van der Waals surface area contributed by atoms with Crippen molar-refractivity contribution >= 4 is 32.7 Å². The Morgan fingerprint density at radius 2 is 1.91 bits per heavy atom. The summed E-state index contributed by atoms with van der Waals surface area (Å²) >= 11 is 6.24. The summed E-state index contributed by atoms with van der Waals surface area (Å²) in [4.78, 5) is 8.79. The number of halogens is 1. The first-order valence-corrected chi connectivity index (χ1v) is 13.0. The van der Waals surface area contributed by atoms with Crippen molar-refractivity contribution in [1.82, 2.24) is 23.7 Å². The van der Waals surface area contributed by atoms with Gasteiger partial charge in [-0.1, -0.05) is 30.5 Å².